The first-order chi connectivity index (χ1) is 13.3. The minimum absolute atomic E-state index is 0.0709. The summed E-state index contributed by atoms with van der Waals surface area (Å²) < 4.78 is 3.94. The molecule has 0 aliphatic carbocycles. The number of methoxy groups -OCH3 is 1. The highest BCUT2D eigenvalue weighted by Crippen LogP contribution is 2.29. The van der Waals surface area contributed by atoms with E-state index >= 15 is 0 Å². The van der Waals surface area contributed by atoms with Gasteiger partial charge in [-0.05, 0) is 12.1 Å². The molecule has 3 amide bonds. The van der Waals surface area contributed by atoms with E-state index in [0.29, 0.717) is 11.4 Å². The molecule has 11 nitrogen and oxygen atoms in total. The number of hydroxylamine groups is 2. The lowest BCUT2D eigenvalue weighted by atomic mass is 10.1. The Morgan fingerprint density at radius 3 is 2.86 bits per heavy atom. The number of aliphatic carboxylic acids is 1. The second kappa shape index (κ2) is 8.00. The third-order valence-electron chi connectivity index (χ3n) is 4.95. The quantitative estimate of drug-likeness (QED) is 0.424. The van der Waals surface area contributed by atoms with E-state index in [1.165, 1.54) is 7.11 Å². The van der Waals surface area contributed by atoms with Gasteiger partial charge in [-0.25, -0.2) is 9.55 Å². The molecule has 2 aliphatic rings. The van der Waals surface area contributed by atoms with Gasteiger partial charge in [0.1, 0.15) is 24.9 Å². The molecular formula is C17H23N5O6. The van der Waals surface area contributed by atoms with Crippen molar-refractivity contribution in [1.82, 2.24) is 15.6 Å². The number of carbonyl (C=O) groups excluding carboxylic acids is 2. The topological polar surface area (TPSA) is 143 Å². The summed E-state index contributed by atoms with van der Waals surface area (Å²) in [6.45, 7) is -0.354. The zero-order chi connectivity index (χ0) is 20.3. The number of fused-ring (bicyclic) bond motifs is 1. The van der Waals surface area contributed by atoms with Crippen molar-refractivity contribution in [2.45, 2.75) is 19.0 Å². The van der Waals surface area contributed by atoms with Crippen LogP contribution < -0.4 is 20.7 Å². The van der Waals surface area contributed by atoms with Crippen molar-refractivity contribution in [3.63, 3.8) is 0 Å². The van der Waals surface area contributed by atoms with Crippen LogP contribution in [-0.2, 0) is 9.59 Å². The Bertz CT molecular complexity index is 774. The van der Waals surface area contributed by atoms with Crippen LogP contribution in [0, 0.1) is 11.1 Å². The first-order valence-electron chi connectivity index (χ1n) is 8.89. The van der Waals surface area contributed by atoms with Gasteiger partial charge in [0, 0.05) is 19.4 Å². The van der Waals surface area contributed by atoms with Crippen molar-refractivity contribution in [3.05, 3.63) is 29.5 Å². The van der Waals surface area contributed by atoms with Gasteiger partial charge in [-0.1, -0.05) is 12.1 Å². The van der Waals surface area contributed by atoms with E-state index in [4.69, 9.17) is 4.74 Å². The van der Waals surface area contributed by atoms with Gasteiger partial charge in [-0.2, -0.15) is 5.01 Å². The number of rotatable bonds is 4. The van der Waals surface area contributed by atoms with Gasteiger partial charge in [0.05, 0.1) is 12.8 Å². The highest BCUT2D eigenvalue weighted by molar-refractivity contribution is 5.91. The van der Waals surface area contributed by atoms with Crippen molar-refractivity contribution in [1.29, 1.82) is 0 Å². The number of benzene rings is 1. The first kappa shape index (κ1) is 19.9. The second-order valence-corrected chi connectivity index (χ2v) is 6.73. The summed E-state index contributed by atoms with van der Waals surface area (Å²) in [7, 11) is 1.47. The average molecular weight is 393 g/mol. The molecule has 0 spiro atoms. The summed E-state index contributed by atoms with van der Waals surface area (Å²) >= 11 is 0. The smallest absolute Gasteiger partial charge is 0.323 e. The van der Waals surface area contributed by atoms with Gasteiger partial charge in [0.25, 0.3) is 5.91 Å². The number of hydrogen-bond acceptors (Lipinski definition) is 6. The van der Waals surface area contributed by atoms with Gasteiger partial charge >= 0.3 is 12.0 Å². The number of amides is 3. The molecule has 2 fully saturated rings. The number of anilines is 1. The van der Waals surface area contributed by atoms with E-state index in [-0.39, 0.29) is 38.5 Å². The number of quaternary nitrogens is 1. The number of carboxylic acids is 1. The van der Waals surface area contributed by atoms with Crippen molar-refractivity contribution in [3.8, 4) is 5.75 Å². The molecule has 11 heteroatoms. The molecule has 1 aromatic carbocycles. The predicted octanol–water partition coefficient (Wildman–Crippen LogP) is 0.256. The fourth-order valence-corrected chi connectivity index (χ4v) is 3.50. The zero-order valence-corrected chi connectivity index (χ0v) is 15.4. The number of nitrogens with one attached hydrogen (secondary N) is 3. The predicted molar refractivity (Wildman–Crippen MR) is 97.5 cm³/mol. The van der Waals surface area contributed by atoms with E-state index in [9.17, 15) is 24.7 Å². The fraction of sp³-hybridized carbons (Fsp3) is 0.471. The lowest BCUT2D eigenvalue weighted by Gasteiger charge is -2.54. The van der Waals surface area contributed by atoms with Crippen LogP contribution in [0.2, 0.25) is 0 Å². The van der Waals surface area contributed by atoms with Crippen LogP contribution in [0.15, 0.2) is 24.3 Å². The molecule has 152 valence electrons. The van der Waals surface area contributed by atoms with Crippen molar-refractivity contribution < 1.29 is 29.0 Å². The van der Waals surface area contributed by atoms with Gasteiger partial charge in [-0.15, -0.1) is 0 Å². The number of nitrogens with zero attached hydrogens (tertiary/aromatic N) is 2. The number of para-hydroxylation sites is 2. The number of hydrogen-bond donors (Lipinski definition) is 4. The highest BCUT2D eigenvalue weighted by atomic mass is 16.6. The third kappa shape index (κ3) is 3.86. The number of carboxylic acid groups (broad SMARTS) is 1. The number of urea groups is 1. The molecule has 0 bridgehead atoms. The largest absolute Gasteiger partial charge is 0.604 e. The van der Waals surface area contributed by atoms with Crippen LogP contribution in [-0.4, -0.2) is 65.8 Å². The molecule has 3 rings (SSSR count). The summed E-state index contributed by atoms with van der Waals surface area (Å²) in [6.07, 6.45) is -0.791. The maximum Gasteiger partial charge on any atom is 0.323 e. The maximum absolute atomic E-state index is 13.6. The fourth-order valence-electron chi connectivity index (χ4n) is 3.50. The van der Waals surface area contributed by atoms with Crippen molar-refractivity contribution in [2.24, 2.45) is 5.92 Å². The van der Waals surface area contributed by atoms with Crippen molar-refractivity contribution in [2.75, 3.05) is 32.2 Å². The van der Waals surface area contributed by atoms with E-state index in [0.717, 1.165) is 5.01 Å². The molecular weight excluding hydrogens is 370 g/mol. The maximum atomic E-state index is 13.6. The van der Waals surface area contributed by atoms with Crippen LogP contribution in [0.3, 0.4) is 0 Å². The molecule has 0 radical (unpaired) electrons. The second-order valence-electron chi connectivity index (χ2n) is 6.73. The Hall–Kier alpha value is -2.89. The van der Waals surface area contributed by atoms with Crippen LogP contribution >= 0.6 is 0 Å². The lowest BCUT2D eigenvalue weighted by Crippen LogP contribution is -2.72. The van der Waals surface area contributed by atoms with Gasteiger partial charge < -0.3 is 20.4 Å². The zero-order valence-electron chi connectivity index (χ0n) is 15.4. The molecule has 28 heavy (non-hydrogen) atoms. The van der Waals surface area contributed by atoms with Crippen molar-refractivity contribution >= 4 is 23.6 Å². The van der Waals surface area contributed by atoms with E-state index in [1.807, 2.05) is 0 Å². The summed E-state index contributed by atoms with van der Waals surface area (Å²) in [4.78, 5) is 36.2. The molecule has 2 heterocycles. The monoisotopic (exact) mass is 393 g/mol. The summed E-state index contributed by atoms with van der Waals surface area (Å²) in [6, 6.07) is 6.16. The van der Waals surface area contributed by atoms with Gasteiger partial charge in [0.2, 0.25) is 0 Å². The normalized spacial score (nSPS) is 27.4. The molecule has 1 aromatic rings. The van der Waals surface area contributed by atoms with E-state index in [1.54, 1.807) is 24.3 Å². The molecule has 0 saturated carbocycles. The summed E-state index contributed by atoms with van der Waals surface area (Å²) in [5, 5.41) is 32.0. The Kier molecular flexibility index (Phi) is 5.68. The number of carbonyl (C=O) groups is 3. The van der Waals surface area contributed by atoms with Crippen LogP contribution in [0.5, 0.6) is 5.75 Å². The Labute approximate surface area is 161 Å². The lowest BCUT2D eigenvalue weighted by molar-refractivity contribution is -1.01. The van der Waals surface area contributed by atoms with Gasteiger partial charge in [0.15, 0.2) is 6.17 Å². The molecule has 4 N–H and O–H groups in total. The SMILES string of the molecule is COc1ccccc1NC(=O)NC1CCC(=O)N2CNCC(C(=O)O)C[N+]12[O-]. The van der Waals surface area contributed by atoms with E-state index in [2.05, 4.69) is 16.0 Å². The molecule has 3 atom stereocenters. The minimum atomic E-state index is -1.23. The van der Waals surface area contributed by atoms with Gasteiger partial charge in [-0.3, -0.25) is 20.2 Å². The molecule has 0 aromatic heterocycles. The van der Waals surface area contributed by atoms with Crippen LogP contribution in [0.4, 0.5) is 10.5 Å². The van der Waals surface area contributed by atoms with Crippen LogP contribution in [0.1, 0.15) is 12.8 Å². The Morgan fingerprint density at radius 2 is 2.14 bits per heavy atom. The molecule has 3 unspecified atom stereocenters. The summed E-state index contributed by atoms with van der Waals surface area (Å²) in [5.41, 5.74) is 0.421. The third-order valence-corrected chi connectivity index (χ3v) is 4.95. The van der Waals surface area contributed by atoms with Crippen LogP contribution in [0.25, 0.3) is 0 Å². The highest BCUT2D eigenvalue weighted by Gasteiger charge is 2.48. The first-order valence-corrected chi connectivity index (χ1v) is 8.89. The molecule has 2 aliphatic heterocycles. The standard InChI is InChI=1S/C17H23N5O6/c1-28-13-5-3-2-4-12(13)19-17(26)20-14-6-7-15(23)21-10-18-8-11(16(24)25)9-22(14,21)27/h2-5,11,14,18H,6-10H2,1H3,(H,24,25)(H2,19,20,26). The summed E-state index contributed by atoms with van der Waals surface area (Å²) in [5.74, 6) is -2.03. The average Bonchev–Trinajstić information content (AvgIpc) is 2.85. The molecule has 2 saturated heterocycles. The Morgan fingerprint density at radius 1 is 1.39 bits per heavy atom. The minimum Gasteiger partial charge on any atom is -0.604 e. The van der Waals surface area contributed by atoms with E-state index < -0.39 is 28.8 Å². The number of ether oxygens (including phenoxy) is 1. The Balaban J connectivity index is 1.78.